The summed E-state index contributed by atoms with van der Waals surface area (Å²) < 4.78 is 0. The van der Waals surface area contributed by atoms with Gasteiger partial charge >= 0.3 is 0 Å². The maximum atomic E-state index is 5.51. The fourth-order valence-electron chi connectivity index (χ4n) is 2.51. The SMILES string of the molecule is CCCCCCCCCCCCC(Br)CCCCN. The second-order valence-electron chi connectivity index (χ2n) is 5.85. The Morgan fingerprint density at radius 1 is 0.684 bits per heavy atom. The monoisotopic (exact) mass is 333 g/mol. The molecule has 0 aliphatic carbocycles. The van der Waals surface area contributed by atoms with Gasteiger partial charge in [0.2, 0.25) is 0 Å². The summed E-state index contributed by atoms with van der Waals surface area (Å²) >= 11 is 3.79. The van der Waals surface area contributed by atoms with Gasteiger partial charge in [0.25, 0.3) is 0 Å². The van der Waals surface area contributed by atoms with E-state index in [2.05, 4.69) is 22.9 Å². The van der Waals surface area contributed by atoms with Crippen molar-refractivity contribution in [2.45, 2.75) is 102 Å². The van der Waals surface area contributed by atoms with Crippen molar-refractivity contribution in [3.63, 3.8) is 0 Å². The molecule has 1 unspecified atom stereocenters. The Hall–Kier alpha value is 0.440. The number of alkyl halides is 1. The van der Waals surface area contributed by atoms with Crippen molar-refractivity contribution in [3.05, 3.63) is 0 Å². The molecule has 0 aromatic rings. The molecular formula is C17H36BrN. The number of halogens is 1. The van der Waals surface area contributed by atoms with Crippen molar-refractivity contribution in [2.75, 3.05) is 6.54 Å². The lowest BCUT2D eigenvalue weighted by Gasteiger charge is -2.09. The first-order valence-electron chi connectivity index (χ1n) is 8.65. The third kappa shape index (κ3) is 16.4. The maximum Gasteiger partial charge on any atom is 0.0145 e. The first-order valence-corrected chi connectivity index (χ1v) is 9.57. The molecule has 0 aliphatic rings. The minimum absolute atomic E-state index is 0.730. The summed E-state index contributed by atoms with van der Waals surface area (Å²) in [5.41, 5.74) is 5.51. The van der Waals surface area contributed by atoms with Crippen LogP contribution in [0.25, 0.3) is 0 Å². The average Bonchev–Trinajstić information content (AvgIpc) is 2.41. The highest BCUT2D eigenvalue weighted by molar-refractivity contribution is 9.09. The molecule has 1 atom stereocenters. The van der Waals surface area contributed by atoms with Crippen molar-refractivity contribution in [3.8, 4) is 0 Å². The van der Waals surface area contributed by atoms with E-state index in [4.69, 9.17) is 5.73 Å². The molecule has 0 saturated carbocycles. The molecule has 19 heavy (non-hydrogen) atoms. The molecule has 0 amide bonds. The van der Waals surface area contributed by atoms with Gasteiger partial charge in [0, 0.05) is 4.83 Å². The van der Waals surface area contributed by atoms with Crippen molar-refractivity contribution in [1.82, 2.24) is 0 Å². The zero-order valence-electron chi connectivity index (χ0n) is 13.1. The summed E-state index contributed by atoms with van der Waals surface area (Å²) in [6.07, 6.45) is 19.4. The van der Waals surface area contributed by atoms with E-state index in [1.54, 1.807) is 0 Å². The smallest absolute Gasteiger partial charge is 0.0145 e. The Morgan fingerprint density at radius 2 is 1.11 bits per heavy atom. The Labute approximate surface area is 130 Å². The first-order chi connectivity index (χ1) is 9.31. The summed E-state index contributed by atoms with van der Waals surface area (Å²) in [5, 5.41) is 0. The summed E-state index contributed by atoms with van der Waals surface area (Å²) in [6.45, 7) is 3.13. The van der Waals surface area contributed by atoms with Crippen molar-refractivity contribution >= 4 is 15.9 Å². The number of hydrogen-bond donors (Lipinski definition) is 1. The van der Waals surface area contributed by atoms with Crippen LogP contribution in [0, 0.1) is 0 Å². The van der Waals surface area contributed by atoms with Crippen molar-refractivity contribution < 1.29 is 0 Å². The van der Waals surface area contributed by atoms with E-state index in [0.717, 1.165) is 11.4 Å². The normalized spacial score (nSPS) is 12.8. The number of hydrogen-bond acceptors (Lipinski definition) is 1. The molecule has 2 heteroatoms. The van der Waals surface area contributed by atoms with Crippen LogP contribution >= 0.6 is 15.9 Å². The zero-order valence-corrected chi connectivity index (χ0v) is 14.7. The Morgan fingerprint density at radius 3 is 1.58 bits per heavy atom. The largest absolute Gasteiger partial charge is 0.330 e. The third-order valence-corrected chi connectivity index (χ3v) is 4.76. The summed E-state index contributed by atoms with van der Waals surface area (Å²) in [7, 11) is 0. The van der Waals surface area contributed by atoms with Gasteiger partial charge in [0.15, 0.2) is 0 Å². The Kier molecular flexibility index (Phi) is 16.9. The van der Waals surface area contributed by atoms with Gasteiger partial charge in [-0.3, -0.25) is 0 Å². The second-order valence-corrected chi connectivity index (χ2v) is 7.15. The topological polar surface area (TPSA) is 26.0 Å². The highest BCUT2D eigenvalue weighted by Crippen LogP contribution is 2.18. The minimum Gasteiger partial charge on any atom is -0.330 e. The predicted molar refractivity (Wildman–Crippen MR) is 92.1 cm³/mol. The molecule has 0 radical (unpaired) electrons. The van der Waals surface area contributed by atoms with E-state index < -0.39 is 0 Å². The van der Waals surface area contributed by atoms with Crippen molar-refractivity contribution in [2.24, 2.45) is 5.73 Å². The average molecular weight is 334 g/mol. The van der Waals surface area contributed by atoms with Crippen LogP contribution in [0.2, 0.25) is 0 Å². The molecule has 1 nitrogen and oxygen atoms in total. The van der Waals surface area contributed by atoms with Gasteiger partial charge in [-0.15, -0.1) is 0 Å². The lowest BCUT2D eigenvalue weighted by atomic mass is 10.0. The van der Waals surface area contributed by atoms with E-state index in [9.17, 15) is 0 Å². The predicted octanol–water partition coefficient (Wildman–Crippen LogP) is 6.19. The van der Waals surface area contributed by atoms with Gasteiger partial charge in [-0.25, -0.2) is 0 Å². The highest BCUT2D eigenvalue weighted by atomic mass is 79.9. The van der Waals surface area contributed by atoms with Gasteiger partial charge in [-0.2, -0.15) is 0 Å². The van der Waals surface area contributed by atoms with Gasteiger partial charge < -0.3 is 5.73 Å². The number of rotatable bonds is 15. The summed E-state index contributed by atoms with van der Waals surface area (Å²) in [6, 6.07) is 0. The van der Waals surface area contributed by atoms with Crippen LogP contribution in [0.5, 0.6) is 0 Å². The van der Waals surface area contributed by atoms with Gasteiger partial charge in [0.05, 0.1) is 0 Å². The van der Waals surface area contributed by atoms with Crippen LogP contribution in [0.15, 0.2) is 0 Å². The fraction of sp³-hybridized carbons (Fsp3) is 1.00. The third-order valence-electron chi connectivity index (χ3n) is 3.84. The van der Waals surface area contributed by atoms with E-state index in [0.29, 0.717) is 0 Å². The molecule has 0 bridgehead atoms. The zero-order chi connectivity index (χ0) is 14.2. The molecule has 0 rings (SSSR count). The highest BCUT2D eigenvalue weighted by Gasteiger charge is 2.03. The molecule has 0 aliphatic heterocycles. The van der Waals surface area contributed by atoms with E-state index in [1.165, 1.54) is 89.9 Å². The molecular weight excluding hydrogens is 298 g/mol. The molecule has 0 heterocycles. The van der Waals surface area contributed by atoms with Crippen LogP contribution in [0.3, 0.4) is 0 Å². The molecule has 0 spiro atoms. The first kappa shape index (κ1) is 19.4. The van der Waals surface area contributed by atoms with Gasteiger partial charge in [-0.1, -0.05) is 93.5 Å². The molecule has 2 N–H and O–H groups in total. The molecule has 116 valence electrons. The quantitative estimate of drug-likeness (QED) is 0.280. The lowest BCUT2D eigenvalue weighted by molar-refractivity contribution is 0.539. The van der Waals surface area contributed by atoms with E-state index in [1.807, 2.05) is 0 Å². The van der Waals surface area contributed by atoms with Gasteiger partial charge in [-0.05, 0) is 25.8 Å². The second kappa shape index (κ2) is 16.5. The van der Waals surface area contributed by atoms with E-state index >= 15 is 0 Å². The number of nitrogens with two attached hydrogens (primary N) is 1. The minimum atomic E-state index is 0.730. The van der Waals surface area contributed by atoms with E-state index in [-0.39, 0.29) is 0 Å². The Balaban J connectivity index is 3.05. The van der Waals surface area contributed by atoms with Crippen LogP contribution in [-0.2, 0) is 0 Å². The Bertz CT molecular complexity index is 161. The lowest BCUT2D eigenvalue weighted by Crippen LogP contribution is -2.02. The molecule has 0 aromatic carbocycles. The summed E-state index contributed by atoms with van der Waals surface area (Å²) in [5.74, 6) is 0. The van der Waals surface area contributed by atoms with Crippen LogP contribution in [0.1, 0.15) is 96.8 Å². The molecule has 0 saturated heterocycles. The maximum absolute atomic E-state index is 5.51. The van der Waals surface area contributed by atoms with Crippen LogP contribution in [-0.4, -0.2) is 11.4 Å². The van der Waals surface area contributed by atoms with Gasteiger partial charge in [0.1, 0.15) is 0 Å². The molecule has 0 fully saturated rings. The standard InChI is InChI=1S/C17H36BrN/c1-2-3-4-5-6-7-8-9-10-11-14-17(18)15-12-13-16-19/h17H,2-16,19H2,1H3. The van der Waals surface area contributed by atoms with Crippen LogP contribution in [0.4, 0.5) is 0 Å². The molecule has 0 aromatic heterocycles. The summed E-state index contributed by atoms with van der Waals surface area (Å²) in [4.78, 5) is 0.730. The van der Waals surface area contributed by atoms with Crippen LogP contribution < -0.4 is 5.73 Å². The number of unbranched alkanes of at least 4 members (excludes halogenated alkanes) is 10. The van der Waals surface area contributed by atoms with Crippen molar-refractivity contribution in [1.29, 1.82) is 0 Å². The fourth-order valence-corrected chi connectivity index (χ4v) is 3.16.